The van der Waals surface area contributed by atoms with Crippen molar-refractivity contribution in [3.63, 3.8) is 0 Å². The first kappa shape index (κ1) is 25.6. The maximum atomic E-state index is 12.7. The molecule has 0 spiro atoms. The lowest BCUT2D eigenvalue weighted by Crippen LogP contribution is -2.57. The van der Waals surface area contributed by atoms with Gasteiger partial charge in [0.15, 0.2) is 0 Å². The predicted octanol–water partition coefficient (Wildman–Crippen LogP) is -2.63. The average Bonchev–Trinajstić information content (AvgIpc) is 3.17. The number of primary amides is 1. The summed E-state index contributed by atoms with van der Waals surface area (Å²) in [7, 11) is 0. The van der Waals surface area contributed by atoms with Gasteiger partial charge in [0.1, 0.15) is 18.1 Å². The number of aromatic amines is 1. The van der Waals surface area contributed by atoms with Gasteiger partial charge in [-0.05, 0) is 12.8 Å². The van der Waals surface area contributed by atoms with E-state index in [2.05, 4.69) is 25.9 Å². The van der Waals surface area contributed by atoms with E-state index < -0.39 is 66.1 Å². The number of nitrogens with two attached hydrogens (primary N) is 2. The number of carboxylic acid groups (broad SMARTS) is 1. The Kier molecular flexibility index (Phi) is 9.60. The number of nitrogens with one attached hydrogen (secondary N) is 4. The van der Waals surface area contributed by atoms with Gasteiger partial charge in [-0.25, -0.2) is 9.78 Å². The maximum absolute atomic E-state index is 12.7. The number of hydrogen-bond donors (Lipinski definition) is 7. The topological polar surface area (TPSA) is 222 Å². The molecule has 0 aliphatic heterocycles. The highest BCUT2D eigenvalue weighted by Gasteiger charge is 2.30. The van der Waals surface area contributed by atoms with Gasteiger partial charge in [-0.1, -0.05) is 13.8 Å². The van der Waals surface area contributed by atoms with Gasteiger partial charge in [-0.2, -0.15) is 0 Å². The molecule has 0 saturated heterocycles. The number of carbonyl (C=O) groups excluding carboxylic acids is 4. The van der Waals surface area contributed by atoms with Crippen LogP contribution < -0.4 is 27.4 Å². The Morgan fingerprint density at radius 1 is 1.06 bits per heavy atom. The first-order chi connectivity index (χ1) is 14.4. The molecule has 13 nitrogen and oxygen atoms in total. The van der Waals surface area contributed by atoms with Crippen LogP contribution in [0.4, 0.5) is 0 Å². The van der Waals surface area contributed by atoms with Gasteiger partial charge in [-0.15, -0.1) is 0 Å². The molecule has 0 saturated carbocycles. The Balaban J connectivity index is 2.87. The van der Waals surface area contributed by atoms with Gasteiger partial charge in [0.05, 0.1) is 18.8 Å². The summed E-state index contributed by atoms with van der Waals surface area (Å²) in [5.41, 5.74) is 11.1. The summed E-state index contributed by atoms with van der Waals surface area (Å²) in [5, 5.41) is 16.5. The van der Waals surface area contributed by atoms with Gasteiger partial charge in [0.25, 0.3) is 0 Å². The van der Waals surface area contributed by atoms with Gasteiger partial charge in [-0.3, -0.25) is 19.2 Å². The Morgan fingerprint density at radius 3 is 2.19 bits per heavy atom. The lowest BCUT2D eigenvalue weighted by molar-refractivity contribution is -0.143. The van der Waals surface area contributed by atoms with Crippen molar-refractivity contribution in [3.05, 3.63) is 18.2 Å². The number of hydrogen-bond acceptors (Lipinski definition) is 7. The highest BCUT2D eigenvalue weighted by Crippen LogP contribution is 2.05. The van der Waals surface area contributed by atoms with Crippen LogP contribution in [0.1, 0.15) is 32.9 Å². The Hall–Kier alpha value is -3.48. The zero-order chi connectivity index (χ0) is 23.7. The summed E-state index contributed by atoms with van der Waals surface area (Å²) in [4.78, 5) is 66.2. The molecule has 0 bridgehead atoms. The SMILES string of the molecule is CC(NC(=O)C(N)CC(N)=O)C(=O)NC(Cc1cnc[nH]1)C(=O)NC(C(=O)O)C(C)C. The minimum Gasteiger partial charge on any atom is -0.480 e. The maximum Gasteiger partial charge on any atom is 0.326 e. The van der Waals surface area contributed by atoms with E-state index in [0.29, 0.717) is 5.69 Å². The number of aliphatic carboxylic acids is 1. The molecule has 1 aromatic heterocycles. The van der Waals surface area contributed by atoms with Crippen LogP contribution in [0.2, 0.25) is 0 Å². The standard InChI is InChI=1S/C18H29N7O6/c1-8(2)14(18(30)31)25-17(29)12(4-10-6-21-7-22-10)24-15(27)9(3)23-16(28)11(19)5-13(20)26/h6-9,11-12,14H,4-5,19H2,1-3H3,(H2,20,26)(H,21,22)(H,23,28)(H,24,27)(H,25,29)(H,30,31). The molecule has 1 rings (SSSR count). The molecule has 0 aliphatic carbocycles. The molecule has 31 heavy (non-hydrogen) atoms. The van der Waals surface area contributed by atoms with Crippen LogP contribution in [-0.4, -0.2) is 68.8 Å². The van der Waals surface area contributed by atoms with Crippen molar-refractivity contribution in [1.82, 2.24) is 25.9 Å². The zero-order valence-corrected chi connectivity index (χ0v) is 17.5. The number of imidazole rings is 1. The molecule has 1 heterocycles. The normalized spacial score (nSPS) is 14.7. The number of amides is 4. The first-order valence-corrected chi connectivity index (χ1v) is 9.57. The lowest BCUT2D eigenvalue weighted by Gasteiger charge is -2.24. The van der Waals surface area contributed by atoms with Gasteiger partial charge >= 0.3 is 5.97 Å². The number of nitrogens with zero attached hydrogens (tertiary/aromatic N) is 1. The third-order valence-electron chi connectivity index (χ3n) is 4.35. The third kappa shape index (κ3) is 8.42. The predicted molar refractivity (Wildman–Crippen MR) is 108 cm³/mol. The molecule has 9 N–H and O–H groups in total. The van der Waals surface area contributed by atoms with E-state index in [1.807, 2.05) is 0 Å². The Bertz CT molecular complexity index is 795. The van der Waals surface area contributed by atoms with Crippen LogP contribution >= 0.6 is 0 Å². The smallest absolute Gasteiger partial charge is 0.326 e. The number of aromatic nitrogens is 2. The fraction of sp³-hybridized carbons (Fsp3) is 0.556. The number of carbonyl (C=O) groups is 5. The summed E-state index contributed by atoms with van der Waals surface area (Å²) < 4.78 is 0. The minimum atomic E-state index is -1.22. The summed E-state index contributed by atoms with van der Waals surface area (Å²) in [5.74, 6) is -4.56. The molecule has 0 fully saturated rings. The summed E-state index contributed by atoms with van der Waals surface area (Å²) in [6, 6.07) is -4.62. The largest absolute Gasteiger partial charge is 0.480 e. The van der Waals surface area contributed by atoms with Crippen molar-refractivity contribution in [2.75, 3.05) is 0 Å². The summed E-state index contributed by atoms with van der Waals surface area (Å²) in [6.07, 6.45) is 2.46. The van der Waals surface area contributed by atoms with Crippen LogP contribution in [0.15, 0.2) is 12.5 Å². The quantitative estimate of drug-likeness (QED) is 0.182. The van der Waals surface area contributed by atoms with E-state index in [4.69, 9.17) is 11.5 Å². The Morgan fingerprint density at radius 2 is 1.71 bits per heavy atom. The molecule has 172 valence electrons. The second-order valence-corrected chi connectivity index (χ2v) is 7.42. The van der Waals surface area contributed by atoms with E-state index in [9.17, 15) is 29.1 Å². The Labute approximate surface area is 178 Å². The minimum absolute atomic E-state index is 0.00383. The molecule has 4 amide bonds. The zero-order valence-electron chi connectivity index (χ0n) is 17.5. The fourth-order valence-electron chi connectivity index (χ4n) is 2.59. The van der Waals surface area contributed by atoms with Crippen molar-refractivity contribution in [2.24, 2.45) is 17.4 Å². The van der Waals surface area contributed by atoms with E-state index in [-0.39, 0.29) is 6.42 Å². The van der Waals surface area contributed by atoms with Crippen molar-refractivity contribution >= 4 is 29.6 Å². The lowest BCUT2D eigenvalue weighted by atomic mass is 10.0. The van der Waals surface area contributed by atoms with E-state index in [0.717, 1.165) is 0 Å². The molecular formula is C18H29N7O6. The van der Waals surface area contributed by atoms with Crippen LogP contribution in [0.3, 0.4) is 0 Å². The van der Waals surface area contributed by atoms with E-state index in [1.54, 1.807) is 13.8 Å². The average molecular weight is 439 g/mol. The van der Waals surface area contributed by atoms with Crippen molar-refractivity contribution < 1.29 is 29.1 Å². The molecule has 0 aliphatic rings. The second-order valence-electron chi connectivity index (χ2n) is 7.42. The molecule has 0 radical (unpaired) electrons. The number of H-pyrrole nitrogens is 1. The van der Waals surface area contributed by atoms with Crippen LogP contribution in [0.25, 0.3) is 0 Å². The van der Waals surface area contributed by atoms with Crippen molar-refractivity contribution in [2.45, 2.75) is 57.8 Å². The van der Waals surface area contributed by atoms with E-state index in [1.165, 1.54) is 19.4 Å². The molecule has 13 heteroatoms. The number of rotatable bonds is 12. The van der Waals surface area contributed by atoms with Crippen LogP contribution in [0, 0.1) is 5.92 Å². The molecule has 4 unspecified atom stereocenters. The van der Waals surface area contributed by atoms with E-state index >= 15 is 0 Å². The third-order valence-corrected chi connectivity index (χ3v) is 4.35. The van der Waals surface area contributed by atoms with Gasteiger partial charge in [0, 0.05) is 18.3 Å². The molecule has 1 aromatic rings. The van der Waals surface area contributed by atoms with Crippen LogP contribution in [0.5, 0.6) is 0 Å². The first-order valence-electron chi connectivity index (χ1n) is 9.57. The monoisotopic (exact) mass is 439 g/mol. The van der Waals surface area contributed by atoms with Crippen molar-refractivity contribution in [1.29, 1.82) is 0 Å². The van der Waals surface area contributed by atoms with Gasteiger partial charge < -0.3 is 37.5 Å². The van der Waals surface area contributed by atoms with Crippen molar-refractivity contribution in [3.8, 4) is 0 Å². The molecule has 0 aromatic carbocycles. The summed E-state index contributed by atoms with van der Waals surface area (Å²) in [6.45, 7) is 4.63. The summed E-state index contributed by atoms with van der Waals surface area (Å²) >= 11 is 0. The van der Waals surface area contributed by atoms with Crippen LogP contribution in [-0.2, 0) is 30.4 Å². The van der Waals surface area contributed by atoms with Gasteiger partial charge in [0.2, 0.25) is 23.6 Å². The molecule has 4 atom stereocenters. The number of carboxylic acids is 1. The highest BCUT2D eigenvalue weighted by molar-refractivity contribution is 5.94. The fourth-order valence-corrected chi connectivity index (χ4v) is 2.59. The highest BCUT2D eigenvalue weighted by atomic mass is 16.4. The molecular weight excluding hydrogens is 410 g/mol. The second kappa shape index (κ2) is 11.6.